The molecule has 9 aromatic carbocycles. The third-order valence-electron chi connectivity index (χ3n) is 13.5. The molecule has 0 spiro atoms. The number of hydrogen-bond acceptors (Lipinski definition) is 7. The average molecular weight is 1000 g/mol. The first-order chi connectivity index (χ1) is 37.8. The molecule has 77 heavy (non-hydrogen) atoms. The summed E-state index contributed by atoms with van der Waals surface area (Å²) in [5.74, 6) is 2.18. The molecule has 13 rings (SSSR count). The lowest BCUT2D eigenvalue weighted by Gasteiger charge is -2.22. The summed E-state index contributed by atoms with van der Waals surface area (Å²) in [5, 5.41) is 1.66. The number of para-hydroxylation sites is 1. The summed E-state index contributed by atoms with van der Waals surface area (Å²) in [6, 6.07) is 77.5. The van der Waals surface area contributed by atoms with Gasteiger partial charge in [0.25, 0.3) is 0 Å². The van der Waals surface area contributed by atoms with Crippen molar-refractivity contribution in [3.05, 3.63) is 254 Å². The van der Waals surface area contributed by atoms with Gasteiger partial charge in [0.2, 0.25) is 0 Å². The summed E-state index contributed by atoms with van der Waals surface area (Å²) in [7, 11) is 0. The fourth-order valence-corrected chi connectivity index (χ4v) is 9.84. The quantitative estimate of drug-likeness (QED) is 0.135. The summed E-state index contributed by atoms with van der Waals surface area (Å²) < 4.78 is 49.8. The van der Waals surface area contributed by atoms with E-state index in [1.165, 1.54) is 12.1 Å². The van der Waals surface area contributed by atoms with Crippen LogP contribution in [-0.4, -0.2) is 39.5 Å². The van der Waals surface area contributed by atoms with Crippen molar-refractivity contribution in [3.8, 4) is 108 Å². The first-order valence-electron chi connectivity index (χ1n) is 25.0. The molecule has 13 aromatic rings. The van der Waals surface area contributed by atoms with Gasteiger partial charge < -0.3 is 4.57 Å². The van der Waals surface area contributed by atoms with E-state index in [0.29, 0.717) is 62.8 Å². The van der Waals surface area contributed by atoms with E-state index < -0.39 is 11.7 Å². The molecule has 0 aliphatic heterocycles. The monoisotopic (exact) mass is 1000 g/mol. The Kier molecular flexibility index (Phi) is 11.8. The summed E-state index contributed by atoms with van der Waals surface area (Å²) in [6.07, 6.45) is -4.80. The Labute approximate surface area is 440 Å². The van der Waals surface area contributed by atoms with Crippen LogP contribution in [0.5, 0.6) is 0 Å². The van der Waals surface area contributed by atoms with Gasteiger partial charge >= 0.3 is 6.18 Å². The Bertz CT molecular complexity index is 3970. The van der Waals surface area contributed by atoms with Gasteiger partial charge in [-0.15, -0.1) is 0 Å². The predicted molar refractivity (Wildman–Crippen MR) is 299 cm³/mol. The smallest absolute Gasteiger partial charge is 0.308 e. The van der Waals surface area contributed by atoms with E-state index in [-0.39, 0.29) is 22.5 Å². The molecule has 8 nitrogen and oxygen atoms in total. The van der Waals surface area contributed by atoms with Crippen molar-refractivity contribution in [1.29, 1.82) is 0 Å². The van der Waals surface area contributed by atoms with Gasteiger partial charge in [-0.3, -0.25) is 0 Å². The standard InChI is InChI=1S/C66H41F3N8/c67-66(68,69)49-38-52(56-40-54(42-21-7-1-8-22-42)70-61(72-56)44-25-11-3-12-26-44)60(53(39-49)57-41-55(43-23-9-2-10-24-43)71-62(73-57)45-27-13-4-14-28-45)77-58-34-20-19-33-50(58)51-37-48(35-36-59(51)77)65-75-63(46-29-15-5-16-30-46)74-64(76-65)47-31-17-6-18-32-47/h1-41H. The molecule has 0 unspecified atom stereocenters. The SMILES string of the molecule is FC(F)(F)c1cc(-c2cc(-c3ccccc3)nc(-c3ccccc3)n2)c(-n2c3ccccc3c3cc(-c4nc(-c5ccccc5)nc(-c5ccccc5)n4)ccc32)c(-c2cc(-c3ccccc3)nc(-c3ccccc3)n2)c1. The van der Waals surface area contributed by atoms with Crippen LogP contribution >= 0.6 is 0 Å². The summed E-state index contributed by atoms with van der Waals surface area (Å²) in [6.45, 7) is 0. The fourth-order valence-electron chi connectivity index (χ4n) is 9.84. The molecule has 366 valence electrons. The van der Waals surface area contributed by atoms with Crippen molar-refractivity contribution in [2.24, 2.45) is 0 Å². The molecule has 0 bridgehead atoms. The highest BCUT2D eigenvalue weighted by Gasteiger charge is 2.35. The van der Waals surface area contributed by atoms with Crippen molar-refractivity contribution < 1.29 is 13.2 Å². The van der Waals surface area contributed by atoms with Crippen LogP contribution in [-0.2, 0) is 6.18 Å². The van der Waals surface area contributed by atoms with Crippen LogP contribution in [0.15, 0.2) is 249 Å². The number of aromatic nitrogens is 8. The van der Waals surface area contributed by atoms with Crippen LogP contribution < -0.4 is 0 Å². The second-order valence-electron chi connectivity index (χ2n) is 18.4. The molecule has 0 atom stereocenters. The Balaban J connectivity index is 1.14. The molecule has 0 aliphatic carbocycles. The van der Waals surface area contributed by atoms with Crippen LogP contribution in [0.2, 0.25) is 0 Å². The van der Waals surface area contributed by atoms with Gasteiger partial charge in [0.1, 0.15) is 0 Å². The Morgan fingerprint density at radius 3 is 1.03 bits per heavy atom. The minimum absolute atomic E-state index is 0.205. The summed E-state index contributed by atoms with van der Waals surface area (Å²) >= 11 is 0. The Hall–Kier alpha value is -10.3. The van der Waals surface area contributed by atoms with Gasteiger partial charge in [-0.05, 0) is 48.5 Å². The molecule has 4 aromatic heterocycles. The minimum atomic E-state index is -4.80. The molecular weight excluding hydrogens is 962 g/mol. The van der Waals surface area contributed by atoms with Crippen LogP contribution in [0, 0.1) is 0 Å². The van der Waals surface area contributed by atoms with Crippen LogP contribution in [0.25, 0.3) is 129 Å². The van der Waals surface area contributed by atoms with E-state index in [2.05, 4.69) is 0 Å². The first-order valence-corrected chi connectivity index (χ1v) is 25.0. The molecule has 11 heteroatoms. The van der Waals surface area contributed by atoms with Gasteiger partial charge in [-0.2, -0.15) is 13.2 Å². The molecule has 4 heterocycles. The van der Waals surface area contributed by atoms with Gasteiger partial charge in [0, 0.05) is 60.8 Å². The lowest BCUT2D eigenvalue weighted by atomic mass is 9.95. The lowest BCUT2D eigenvalue weighted by molar-refractivity contribution is -0.137. The van der Waals surface area contributed by atoms with Crippen LogP contribution in [0.3, 0.4) is 0 Å². The molecule has 0 amide bonds. The maximum absolute atomic E-state index is 15.9. The minimum Gasteiger partial charge on any atom is -0.308 e. The van der Waals surface area contributed by atoms with Gasteiger partial charge in [-0.25, -0.2) is 34.9 Å². The van der Waals surface area contributed by atoms with E-state index in [1.54, 1.807) is 12.1 Å². The summed E-state index contributed by atoms with van der Waals surface area (Å²) in [4.78, 5) is 35.5. The Morgan fingerprint density at radius 1 is 0.273 bits per heavy atom. The molecule has 0 fully saturated rings. The zero-order valence-electron chi connectivity index (χ0n) is 40.9. The highest BCUT2D eigenvalue weighted by Crippen LogP contribution is 2.46. The van der Waals surface area contributed by atoms with Gasteiger partial charge in [0.15, 0.2) is 29.1 Å². The van der Waals surface area contributed by atoms with Gasteiger partial charge in [-0.1, -0.05) is 200 Å². The van der Waals surface area contributed by atoms with Crippen molar-refractivity contribution in [2.45, 2.75) is 6.18 Å². The maximum atomic E-state index is 15.9. The number of benzene rings is 9. The first kappa shape index (κ1) is 46.5. The van der Waals surface area contributed by atoms with E-state index in [0.717, 1.165) is 44.1 Å². The Morgan fingerprint density at radius 2 is 0.610 bits per heavy atom. The van der Waals surface area contributed by atoms with E-state index in [1.807, 2.05) is 229 Å². The zero-order chi connectivity index (χ0) is 51.9. The lowest BCUT2D eigenvalue weighted by Crippen LogP contribution is -2.10. The largest absolute Gasteiger partial charge is 0.416 e. The number of halogens is 3. The molecule has 0 radical (unpaired) electrons. The summed E-state index contributed by atoms with van der Waals surface area (Å²) in [5.41, 5.74) is 8.33. The second kappa shape index (κ2) is 19.5. The topological polar surface area (TPSA) is 95.2 Å². The maximum Gasteiger partial charge on any atom is 0.416 e. The third kappa shape index (κ3) is 9.06. The normalized spacial score (nSPS) is 11.6. The number of nitrogens with zero attached hydrogens (tertiary/aromatic N) is 8. The highest BCUT2D eigenvalue weighted by atomic mass is 19.4. The van der Waals surface area contributed by atoms with Crippen molar-refractivity contribution in [1.82, 2.24) is 39.5 Å². The van der Waals surface area contributed by atoms with Crippen LogP contribution in [0.4, 0.5) is 13.2 Å². The molecule has 0 aliphatic rings. The van der Waals surface area contributed by atoms with Crippen molar-refractivity contribution >= 4 is 21.8 Å². The highest BCUT2D eigenvalue weighted by molar-refractivity contribution is 6.11. The van der Waals surface area contributed by atoms with Crippen LogP contribution in [0.1, 0.15) is 5.56 Å². The van der Waals surface area contributed by atoms with E-state index in [9.17, 15) is 0 Å². The zero-order valence-corrected chi connectivity index (χ0v) is 40.9. The predicted octanol–water partition coefficient (Wildman–Crippen LogP) is 16.6. The molecule has 0 saturated carbocycles. The van der Waals surface area contributed by atoms with Crippen molar-refractivity contribution in [3.63, 3.8) is 0 Å². The number of fused-ring (bicyclic) bond motifs is 3. The molecule has 0 saturated heterocycles. The van der Waals surface area contributed by atoms with E-state index in [4.69, 9.17) is 34.9 Å². The average Bonchev–Trinajstić information content (AvgIpc) is 3.88. The molecular formula is C66H41F3N8. The van der Waals surface area contributed by atoms with E-state index >= 15 is 13.2 Å². The fraction of sp³-hybridized carbons (Fsp3) is 0.0152. The van der Waals surface area contributed by atoms with Gasteiger partial charge in [0.05, 0.1) is 45.1 Å². The van der Waals surface area contributed by atoms with Crippen molar-refractivity contribution in [2.75, 3.05) is 0 Å². The second-order valence-corrected chi connectivity index (χ2v) is 18.4. The number of hydrogen-bond donors (Lipinski definition) is 0. The third-order valence-corrected chi connectivity index (χ3v) is 13.5. The molecule has 0 N–H and O–H groups in total. The number of rotatable bonds is 10. The number of alkyl halides is 3.